The average molecular weight is 460 g/mol. The van der Waals surface area contributed by atoms with Crippen molar-refractivity contribution in [3.8, 4) is 0 Å². The largest absolute Gasteiger partial charge is 0.396 e. The third kappa shape index (κ3) is 3.43. The highest BCUT2D eigenvalue weighted by Gasteiger charge is 2.76. The molecule has 3 fully saturated rings. The molecule has 0 radical (unpaired) electrons. The van der Waals surface area contributed by atoms with Gasteiger partial charge < -0.3 is 20.6 Å². The number of thioether (sulfide) groups is 1. The van der Waals surface area contributed by atoms with E-state index in [1.165, 1.54) is 0 Å². The van der Waals surface area contributed by atoms with Crippen LogP contribution in [-0.2, 0) is 14.4 Å². The molecule has 2 bridgehead atoms. The molecule has 5 atom stereocenters. The van der Waals surface area contributed by atoms with E-state index in [4.69, 9.17) is 0 Å². The Morgan fingerprint density at radius 1 is 1.22 bits per heavy atom. The lowest BCUT2D eigenvalue weighted by atomic mass is 9.66. The number of aliphatic hydroxyl groups excluding tert-OH is 1. The summed E-state index contributed by atoms with van der Waals surface area (Å²) in [5.41, 5.74) is 2.77. The summed E-state index contributed by atoms with van der Waals surface area (Å²) in [6, 6.07) is 5.29. The van der Waals surface area contributed by atoms with Crippen molar-refractivity contribution in [2.45, 2.75) is 62.0 Å². The molecule has 4 rings (SSSR count). The highest BCUT2D eigenvalue weighted by Crippen LogP contribution is 2.71. The van der Waals surface area contributed by atoms with Crippen molar-refractivity contribution in [3.05, 3.63) is 29.3 Å². The fourth-order valence-electron chi connectivity index (χ4n) is 5.99. The van der Waals surface area contributed by atoms with Gasteiger partial charge in [-0.05, 0) is 63.6 Å². The minimum atomic E-state index is -0.639. The Hall–Kier alpha value is -2.06. The first kappa shape index (κ1) is 23.1. The number of fused-ring (bicyclic) bond motifs is 1. The normalized spacial score (nSPS) is 32.8. The van der Waals surface area contributed by atoms with E-state index < -0.39 is 22.6 Å². The lowest BCUT2D eigenvalue weighted by Gasteiger charge is -2.34. The predicted octanol–water partition coefficient (Wildman–Crippen LogP) is 2.24. The molecule has 1 spiro atoms. The van der Waals surface area contributed by atoms with E-state index in [0.29, 0.717) is 19.4 Å². The third-order valence-corrected chi connectivity index (χ3v) is 9.50. The summed E-state index contributed by atoms with van der Waals surface area (Å²) in [5.74, 6) is -1.36. The summed E-state index contributed by atoms with van der Waals surface area (Å²) in [6.45, 7) is 6.44. The Labute approximate surface area is 193 Å². The summed E-state index contributed by atoms with van der Waals surface area (Å²) in [4.78, 5) is 42.1. The molecule has 3 N–H and O–H groups in total. The van der Waals surface area contributed by atoms with E-state index in [9.17, 15) is 19.5 Å². The second kappa shape index (κ2) is 8.37. The fourth-order valence-corrected chi connectivity index (χ4v) is 8.35. The monoisotopic (exact) mass is 459 g/mol. The van der Waals surface area contributed by atoms with Crippen LogP contribution in [0.5, 0.6) is 0 Å². The maximum absolute atomic E-state index is 13.8. The first-order chi connectivity index (χ1) is 15.2. The molecule has 3 aliphatic rings. The van der Waals surface area contributed by atoms with Crippen LogP contribution < -0.4 is 10.6 Å². The first-order valence-electron chi connectivity index (χ1n) is 11.4. The van der Waals surface area contributed by atoms with Gasteiger partial charge in [-0.25, -0.2) is 0 Å². The fraction of sp³-hybridized carbons (Fsp3) is 0.625. The van der Waals surface area contributed by atoms with Gasteiger partial charge in [0.05, 0.1) is 16.6 Å². The van der Waals surface area contributed by atoms with E-state index in [0.717, 1.165) is 29.7 Å². The Bertz CT molecular complexity index is 953. The van der Waals surface area contributed by atoms with Crippen LogP contribution >= 0.6 is 11.8 Å². The number of anilines is 1. The quantitative estimate of drug-likeness (QED) is 0.543. The molecule has 7 nitrogen and oxygen atoms in total. The molecule has 3 amide bonds. The molecule has 3 heterocycles. The molecule has 32 heavy (non-hydrogen) atoms. The van der Waals surface area contributed by atoms with Gasteiger partial charge in [0.15, 0.2) is 0 Å². The van der Waals surface area contributed by atoms with E-state index in [1.807, 2.05) is 32.0 Å². The third-order valence-electron chi connectivity index (χ3n) is 7.51. The standard InChI is InChI=1S/C24H33N3O4S/c1-14-7-8-15(2)16(13-14)26-21(30)19-24-10-9-23(3,32-24)17(20(29)25-4)18(24)22(31)27(19)11-5-6-12-28/h7-8,13,17-19,28H,5-6,9-12H2,1-4H3,(H,25,29)(H,26,30)/t17-,18+,19?,23+,24?/m1/s1. The number of carbonyl (C=O) groups excluding carboxylic acids is 3. The zero-order valence-electron chi connectivity index (χ0n) is 19.2. The van der Waals surface area contributed by atoms with Crippen molar-refractivity contribution in [1.82, 2.24) is 10.2 Å². The molecule has 0 saturated carbocycles. The molecule has 1 aromatic rings. The molecule has 174 valence electrons. The van der Waals surface area contributed by atoms with E-state index in [1.54, 1.807) is 23.7 Å². The lowest BCUT2D eigenvalue weighted by molar-refractivity contribution is -0.140. The van der Waals surface area contributed by atoms with Gasteiger partial charge in [0, 0.05) is 30.6 Å². The summed E-state index contributed by atoms with van der Waals surface area (Å²) < 4.78 is -0.959. The van der Waals surface area contributed by atoms with Crippen molar-refractivity contribution in [1.29, 1.82) is 0 Å². The van der Waals surface area contributed by atoms with Gasteiger partial charge in [-0.1, -0.05) is 12.1 Å². The second-order valence-corrected chi connectivity index (χ2v) is 11.5. The number of hydrogen-bond acceptors (Lipinski definition) is 5. The molecule has 3 saturated heterocycles. The number of carbonyl (C=O) groups is 3. The molecule has 0 aliphatic carbocycles. The molecular weight excluding hydrogens is 426 g/mol. The molecule has 1 aromatic carbocycles. The number of amides is 3. The minimum Gasteiger partial charge on any atom is -0.396 e. The molecule has 8 heteroatoms. The topological polar surface area (TPSA) is 98.7 Å². The van der Waals surface area contributed by atoms with E-state index in [2.05, 4.69) is 17.6 Å². The van der Waals surface area contributed by atoms with Crippen molar-refractivity contribution in [3.63, 3.8) is 0 Å². The highest BCUT2D eigenvalue weighted by atomic mass is 32.2. The van der Waals surface area contributed by atoms with Crippen molar-refractivity contribution < 1.29 is 19.5 Å². The number of aliphatic hydroxyl groups is 1. The summed E-state index contributed by atoms with van der Waals surface area (Å²) in [7, 11) is 1.61. The minimum absolute atomic E-state index is 0.0453. The van der Waals surface area contributed by atoms with Gasteiger partial charge >= 0.3 is 0 Å². The van der Waals surface area contributed by atoms with Crippen molar-refractivity contribution in [2.24, 2.45) is 11.8 Å². The Morgan fingerprint density at radius 2 is 1.97 bits per heavy atom. The van der Waals surface area contributed by atoms with Gasteiger partial charge in [0.1, 0.15) is 6.04 Å². The van der Waals surface area contributed by atoms with E-state index >= 15 is 0 Å². The van der Waals surface area contributed by atoms with Crippen LogP contribution in [0.25, 0.3) is 0 Å². The number of nitrogens with one attached hydrogen (secondary N) is 2. The van der Waals surface area contributed by atoms with Gasteiger partial charge in [0.2, 0.25) is 17.7 Å². The number of nitrogens with zero attached hydrogens (tertiary/aromatic N) is 1. The number of benzene rings is 1. The van der Waals surface area contributed by atoms with Crippen molar-refractivity contribution in [2.75, 3.05) is 25.5 Å². The lowest BCUT2D eigenvalue weighted by Crippen LogP contribution is -2.52. The molecule has 2 unspecified atom stereocenters. The van der Waals surface area contributed by atoms with Crippen LogP contribution in [0.2, 0.25) is 0 Å². The van der Waals surface area contributed by atoms with Crippen molar-refractivity contribution >= 4 is 35.2 Å². The van der Waals surface area contributed by atoms with E-state index in [-0.39, 0.29) is 29.1 Å². The number of aryl methyl sites for hydroxylation is 2. The SMILES string of the molecule is CNC(=O)[C@H]1[C@H]2C(=O)N(CCCCO)C(C(=O)Nc3cc(C)ccc3C)C23CC[C@]1(C)S3. The predicted molar refractivity (Wildman–Crippen MR) is 125 cm³/mol. The van der Waals surface area contributed by atoms with Crippen LogP contribution in [-0.4, -0.2) is 63.5 Å². The summed E-state index contributed by atoms with van der Waals surface area (Å²) in [5, 5.41) is 15.1. The molecule has 0 aromatic heterocycles. The van der Waals surface area contributed by atoms with Crippen LogP contribution in [0, 0.1) is 25.7 Å². The number of hydrogen-bond donors (Lipinski definition) is 3. The first-order valence-corrected chi connectivity index (χ1v) is 12.2. The maximum atomic E-state index is 13.8. The Balaban J connectivity index is 1.72. The maximum Gasteiger partial charge on any atom is 0.248 e. The summed E-state index contributed by atoms with van der Waals surface area (Å²) in [6.07, 6.45) is 2.72. The molecular formula is C24H33N3O4S. The average Bonchev–Trinajstić information content (AvgIpc) is 3.31. The van der Waals surface area contributed by atoms with Gasteiger partial charge in [-0.2, -0.15) is 0 Å². The zero-order valence-corrected chi connectivity index (χ0v) is 20.1. The van der Waals surface area contributed by atoms with Crippen LogP contribution in [0.3, 0.4) is 0 Å². The number of likely N-dealkylation sites (tertiary alicyclic amines) is 1. The van der Waals surface area contributed by atoms with Crippen LogP contribution in [0.15, 0.2) is 18.2 Å². The zero-order chi connectivity index (χ0) is 23.3. The van der Waals surface area contributed by atoms with Crippen LogP contribution in [0.4, 0.5) is 5.69 Å². The highest BCUT2D eigenvalue weighted by molar-refractivity contribution is 8.02. The molecule has 3 aliphatic heterocycles. The van der Waals surface area contributed by atoms with Crippen LogP contribution in [0.1, 0.15) is 43.7 Å². The van der Waals surface area contributed by atoms with Gasteiger partial charge in [-0.3, -0.25) is 14.4 Å². The second-order valence-electron chi connectivity index (χ2n) is 9.61. The Kier molecular flexibility index (Phi) is 6.05. The van der Waals surface area contributed by atoms with Gasteiger partial charge in [0.25, 0.3) is 0 Å². The number of unbranched alkanes of at least 4 members (excludes halogenated alkanes) is 1. The number of rotatable bonds is 7. The smallest absolute Gasteiger partial charge is 0.248 e. The summed E-state index contributed by atoms with van der Waals surface area (Å²) >= 11 is 1.67. The van der Waals surface area contributed by atoms with Gasteiger partial charge in [-0.15, -0.1) is 11.8 Å². The Morgan fingerprint density at radius 3 is 2.66 bits per heavy atom.